The second-order valence-electron chi connectivity index (χ2n) is 4.00. The van der Waals surface area contributed by atoms with E-state index in [9.17, 15) is 14.9 Å². The topological polar surface area (TPSA) is 105 Å². The van der Waals surface area contributed by atoms with Gasteiger partial charge in [-0.3, -0.25) is 20.1 Å². The van der Waals surface area contributed by atoms with Gasteiger partial charge in [-0.15, -0.1) is 0 Å². The highest BCUT2D eigenvalue weighted by Gasteiger charge is 2.21. The zero-order chi connectivity index (χ0) is 13.8. The molecule has 1 aromatic carbocycles. The molecule has 8 heteroatoms. The predicted molar refractivity (Wildman–Crippen MR) is 65.4 cm³/mol. The van der Waals surface area contributed by atoms with E-state index in [2.05, 4.69) is 0 Å². The summed E-state index contributed by atoms with van der Waals surface area (Å²) >= 11 is 0. The van der Waals surface area contributed by atoms with Crippen molar-refractivity contribution in [2.45, 2.75) is 0 Å². The van der Waals surface area contributed by atoms with Gasteiger partial charge in [0.15, 0.2) is 0 Å². The van der Waals surface area contributed by atoms with Gasteiger partial charge in [0.25, 0.3) is 11.6 Å². The molecule has 1 saturated heterocycles. The molecule has 1 heterocycles. The first kappa shape index (κ1) is 13.2. The number of carbonyl (C=O) groups excluding carboxylic acids is 1. The number of nitro benzene ring substituents is 1. The van der Waals surface area contributed by atoms with E-state index in [4.69, 9.17) is 9.94 Å². The Hall–Kier alpha value is -2.19. The zero-order valence-electron chi connectivity index (χ0n) is 10.0. The Morgan fingerprint density at radius 2 is 2.11 bits per heavy atom. The highest BCUT2D eigenvalue weighted by atomic mass is 16.6. The number of morpholine rings is 1. The van der Waals surface area contributed by atoms with E-state index >= 15 is 0 Å². The molecule has 1 amide bonds. The Balaban J connectivity index is 2.40. The first-order valence-corrected chi connectivity index (χ1v) is 5.69. The van der Waals surface area contributed by atoms with Crippen molar-refractivity contribution in [2.24, 2.45) is 0 Å². The number of non-ortho nitro benzene ring substituents is 1. The number of hydrogen-bond donors (Lipinski definition) is 2. The highest BCUT2D eigenvalue weighted by molar-refractivity contribution is 5.99. The third kappa shape index (κ3) is 2.80. The summed E-state index contributed by atoms with van der Waals surface area (Å²) < 4.78 is 5.21. The molecule has 0 aliphatic carbocycles. The third-order valence-corrected chi connectivity index (χ3v) is 2.89. The van der Waals surface area contributed by atoms with Gasteiger partial charge in [-0.1, -0.05) is 0 Å². The second-order valence-corrected chi connectivity index (χ2v) is 4.00. The molecule has 1 fully saturated rings. The Morgan fingerprint density at radius 1 is 1.42 bits per heavy atom. The van der Waals surface area contributed by atoms with E-state index in [1.807, 2.05) is 4.90 Å². The molecule has 19 heavy (non-hydrogen) atoms. The largest absolute Gasteiger partial charge is 0.378 e. The molecule has 1 aromatic rings. The van der Waals surface area contributed by atoms with Gasteiger partial charge in [-0.2, -0.15) is 0 Å². The maximum atomic E-state index is 11.6. The van der Waals surface area contributed by atoms with Gasteiger partial charge in [0.1, 0.15) is 0 Å². The van der Waals surface area contributed by atoms with Gasteiger partial charge in [-0.25, -0.2) is 5.48 Å². The Kier molecular flexibility index (Phi) is 3.93. The maximum Gasteiger partial charge on any atom is 0.276 e. The van der Waals surface area contributed by atoms with Gasteiger partial charge in [0, 0.05) is 25.2 Å². The fourth-order valence-corrected chi connectivity index (χ4v) is 1.96. The summed E-state index contributed by atoms with van der Waals surface area (Å²) in [7, 11) is 0. The Morgan fingerprint density at radius 3 is 2.68 bits per heavy atom. The smallest absolute Gasteiger partial charge is 0.276 e. The van der Waals surface area contributed by atoms with Crippen molar-refractivity contribution in [1.29, 1.82) is 0 Å². The maximum absolute atomic E-state index is 11.6. The minimum atomic E-state index is -0.773. The fourth-order valence-electron chi connectivity index (χ4n) is 1.96. The lowest BCUT2D eigenvalue weighted by atomic mass is 10.1. The standard InChI is InChI=1S/C11H13N3O5/c15-11(12-16)9-7-8(14(17)18)1-2-10(9)13-3-5-19-6-4-13/h1-2,7,16H,3-6H2,(H,12,15). The third-order valence-electron chi connectivity index (χ3n) is 2.89. The molecule has 0 spiro atoms. The molecule has 1 aliphatic heterocycles. The molecule has 2 rings (SSSR count). The van der Waals surface area contributed by atoms with E-state index in [1.165, 1.54) is 17.6 Å². The van der Waals surface area contributed by atoms with Crippen molar-refractivity contribution in [3.63, 3.8) is 0 Å². The van der Waals surface area contributed by atoms with Gasteiger partial charge in [-0.05, 0) is 6.07 Å². The number of rotatable bonds is 3. The van der Waals surface area contributed by atoms with Gasteiger partial charge in [0.2, 0.25) is 0 Å². The molecule has 102 valence electrons. The minimum absolute atomic E-state index is 0.0681. The Labute approximate surface area is 108 Å². The van der Waals surface area contributed by atoms with E-state index in [1.54, 1.807) is 0 Å². The van der Waals surface area contributed by atoms with Crippen molar-refractivity contribution in [1.82, 2.24) is 5.48 Å². The molecular weight excluding hydrogens is 254 g/mol. The van der Waals surface area contributed by atoms with Crippen molar-refractivity contribution in [3.8, 4) is 0 Å². The number of nitrogens with zero attached hydrogens (tertiary/aromatic N) is 2. The van der Waals surface area contributed by atoms with Crippen LogP contribution in [0.25, 0.3) is 0 Å². The first-order chi connectivity index (χ1) is 9.13. The minimum Gasteiger partial charge on any atom is -0.378 e. The van der Waals surface area contributed by atoms with Crippen LogP contribution in [0.3, 0.4) is 0 Å². The molecule has 8 nitrogen and oxygen atoms in total. The van der Waals surface area contributed by atoms with Gasteiger partial charge in [0.05, 0.1) is 29.4 Å². The number of benzene rings is 1. The lowest BCUT2D eigenvalue weighted by Gasteiger charge is -2.30. The summed E-state index contributed by atoms with van der Waals surface area (Å²) in [6.45, 7) is 2.22. The van der Waals surface area contributed by atoms with Crippen LogP contribution in [0.1, 0.15) is 10.4 Å². The van der Waals surface area contributed by atoms with Crippen molar-refractivity contribution in [3.05, 3.63) is 33.9 Å². The average molecular weight is 267 g/mol. The average Bonchev–Trinajstić information content (AvgIpc) is 2.46. The number of hydrogen-bond acceptors (Lipinski definition) is 6. The lowest BCUT2D eigenvalue weighted by molar-refractivity contribution is -0.384. The first-order valence-electron chi connectivity index (χ1n) is 5.69. The molecule has 0 atom stereocenters. The van der Waals surface area contributed by atoms with Crippen LogP contribution >= 0.6 is 0 Å². The van der Waals surface area contributed by atoms with Crippen LogP contribution in [-0.2, 0) is 4.74 Å². The van der Waals surface area contributed by atoms with Gasteiger partial charge >= 0.3 is 0 Å². The van der Waals surface area contributed by atoms with Crippen molar-refractivity contribution < 1.29 is 19.7 Å². The molecule has 2 N–H and O–H groups in total. The quantitative estimate of drug-likeness (QED) is 0.470. The summed E-state index contributed by atoms with van der Waals surface area (Å²) in [4.78, 5) is 23.6. The number of ether oxygens (including phenoxy) is 1. The number of nitrogens with one attached hydrogen (secondary N) is 1. The van der Waals surface area contributed by atoms with Crippen LogP contribution in [-0.4, -0.2) is 42.3 Å². The van der Waals surface area contributed by atoms with Gasteiger partial charge < -0.3 is 9.64 Å². The molecule has 0 radical (unpaired) electrons. The van der Waals surface area contributed by atoms with Crippen LogP contribution in [0.5, 0.6) is 0 Å². The summed E-state index contributed by atoms with van der Waals surface area (Å²) in [5.74, 6) is -0.773. The summed E-state index contributed by atoms with van der Waals surface area (Å²) in [5.41, 5.74) is 1.92. The van der Waals surface area contributed by atoms with E-state index in [-0.39, 0.29) is 11.3 Å². The van der Waals surface area contributed by atoms with E-state index in [0.29, 0.717) is 32.0 Å². The Bertz CT molecular complexity index is 499. The molecule has 0 bridgehead atoms. The fraction of sp³-hybridized carbons (Fsp3) is 0.364. The SMILES string of the molecule is O=C(NO)c1cc([N+](=O)[O-])ccc1N1CCOCC1. The molecular formula is C11H13N3O5. The summed E-state index contributed by atoms with van der Waals surface area (Å²) in [5, 5.41) is 19.5. The molecule has 0 saturated carbocycles. The normalized spacial score (nSPS) is 15.1. The van der Waals surface area contributed by atoms with Crippen LogP contribution in [0.2, 0.25) is 0 Å². The molecule has 0 aromatic heterocycles. The van der Waals surface area contributed by atoms with Crippen LogP contribution in [0.15, 0.2) is 18.2 Å². The van der Waals surface area contributed by atoms with Crippen molar-refractivity contribution >= 4 is 17.3 Å². The number of nitro groups is 1. The number of anilines is 1. The lowest BCUT2D eigenvalue weighted by Crippen LogP contribution is -2.37. The summed E-state index contributed by atoms with van der Waals surface area (Å²) in [6, 6.07) is 3.99. The summed E-state index contributed by atoms with van der Waals surface area (Å²) in [6.07, 6.45) is 0. The highest BCUT2D eigenvalue weighted by Crippen LogP contribution is 2.26. The predicted octanol–water partition coefficient (Wildman–Crippen LogP) is 0.550. The number of amides is 1. The zero-order valence-corrected chi connectivity index (χ0v) is 10.0. The number of hydroxylamine groups is 1. The number of carbonyl (C=O) groups is 1. The molecule has 0 unspecified atom stereocenters. The van der Waals surface area contributed by atoms with E-state index in [0.717, 1.165) is 6.07 Å². The van der Waals surface area contributed by atoms with Crippen molar-refractivity contribution in [2.75, 3.05) is 31.2 Å². The second kappa shape index (κ2) is 5.63. The monoisotopic (exact) mass is 267 g/mol. The van der Waals surface area contributed by atoms with Crippen LogP contribution in [0.4, 0.5) is 11.4 Å². The van der Waals surface area contributed by atoms with Crippen LogP contribution < -0.4 is 10.4 Å². The van der Waals surface area contributed by atoms with Crippen LogP contribution in [0, 0.1) is 10.1 Å². The van der Waals surface area contributed by atoms with E-state index < -0.39 is 10.8 Å². The molecule has 1 aliphatic rings.